The van der Waals surface area contributed by atoms with Crippen LogP contribution in [-0.4, -0.2) is 69.1 Å². The highest BCUT2D eigenvalue weighted by Crippen LogP contribution is 2.48. The van der Waals surface area contributed by atoms with Gasteiger partial charge in [0.25, 0.3) is 5.91 Å². The maximum Gasteiger partial charge on any atom is 0.251 e. The molecule has 0 spiro atoms. The largest absolute Gasteiger partial charge is 0.352 e. The van der Waals surface area contributed by atoms with Crippen LogP contribution in [0.4, 0.5) is 4.39 Å². The minimum atomic E-state index is -0.876. The molecule has 40 heavy (non-hydrogen) atoms. The van der Waals surface area contributed by atoms with E-state index in [9.17, 15) is 19.2 Å². The molecule has 1 aromatic heterocycles. The van der Waals surface area contributed by atoms with Crippen LogP contribution in [0.2, 0.25) is 0 Å². The number of halogens is 1. The maximum atomic E-state index is 14.5. The monoisotopic (exact) mass is 542 g/mol. The number of amides is 2. The average molecular weight is 543 g/mol. The fraction of sp³-hybridized carbons (Fsp3) is 0.448. The summed E-state index contributed by atoms with van der Waals surface area (Å²) < 4.78 is 14.5. The van der Waals surface area contributed by atoms with Crippen LogP contribution in [0.3, 0.4) is 0 Å². The zero-order valence-corrected chi connectivity index (χ0v) is 22.3. The van der Waals surface area contributed by atoms with Crippen molar-refractivity contribution in [2.45, 2.75) is 56.5 Å². The number of aryl methyl sites for hydroxylation is 2. The molecule has 2 aliphatic carbocycles. The molecule has 11 heteroatoms. The number of carbonyl (C=O) groups excluding carboxylic acids is 2. The van der Waals surface area contributed by atoms with Crippen LogP contribution in [0.15, 0.2) is 36.4 Å². The first-order valence-corrected chi connectivity index (χ1v) is 13.8. The van der Waals surface area contributed by atoms with Crippen LogP contribution >= 0.6 is 0 Å². The van der Waals surface area contributed by atoms with Gasteiger partial charge >= 0.3 is 0 Å². The van der Waals surface area contributed by atoms with Gasteiger partial charge in [0.15, 0.2) is 5.82 Å². The predicted molar refractivity (Wildman–Crippen MR) is 143 cm³/mol. The third-order valence-electron chi connectivity index (χ3n) is 8.60. The summed E-state index contributed by atoms with van der Waals surface area (Å²) in [7, 11) is 0. The number of tetrazole rings is 1. The van der Waals surface area contributed by atoms with E-state index in [2.05, 4.69) is 37.3 Å². The average Bonchev–Trinajstić information content (AvgIpc) is 3.35. The molecule has 3 aliphatic rings. The van der Waals surface area contributed by atoms with E-state index in [1.165, 1.54) is 6.07 Å². The summed E-state index contributed by atoms with van der Waals surface area (Å²) >= 11 is 0. The standard InChI is InChI=1S/C29H31FN8O2/c1-2-33-27(40)19-5-7-23-17(11-19)3-4-18-12-21(30)6-8-24(18)29(23,28-34-36-37-35-28)9-10-32-16-26(39)38-22(15-31)13-20-14-25(20)38/h5-8,11-12,20,22,25,32H,2-4,9-10,13-14,16H2,1H3,(H,33,40)(H,34,35,36,37)/t20-,22?,25+,29?/m1/s1. The molecule has 10 nitrogen and oxygen atoms in total. The quantitative estimate of drug-likeness (QED) is 0.370. The number of aromatic amines is 1. The summed E-state index contributed by atoms with van der Waals surface area (Å²) in [6, 6.07) is 12.6. The summed E-state index contributed by atoms with van der Waals surface area (Å²) in [5, 5.41) is 30.7. The predicted octanol–water partition coefficient (Wildman–Crippen LogP) is 2.01. The number of H-pyrrole nitrogens is 1. The Morgan fingerprint density at radius 3 is 2.67 bits per heavy atom. The van der Waals surface area contributed by atoms with Crippen molar-refractivity contribution in [2.24, 2.45) is 5.92 Å². The number of hydrogen-bond donors (Lipinski definition) is 3. The zero-order chi connectivity index (χ0) is 27.9. The van der Waals surface area contributed by atoms with Crippen LogP contribution in [0.1, 0.15) is 64.6 Å². The van der Waals surface area contributed by atoms with Crippen molar-refractivity contribution in [3.63, 3.8) is 0 Å². The van der Waals surface area contributed by atoms with E-state index in [0.717, 1.165) is 35.1 Å². The first-order chi connectivity index (χ1) is 19.5. The Labute approximate surface area is 231 Å². The number of benzene rings is 2. The fourth-order valence-electron chi connectivity index (χ4n) is 6.70. The Morgan fingerprint density at radius 1 is 1.18 bits per heavy atom. The van der Waals surface area contributed by atoms with Crippen molar-refractivity contribution in [1.29, 1.82) is 5.26 Å². The van der Waals surface area contributed by atoms with E-state index >= 15 is 0 Å². The fourth-order valence-corrected chi connectivity index (χ4v) is 6.70. The number of nitriles is 1. The number of piperidine rings is 1. The molecule has 0 radical (unpaired) electrons. The van der Waals surface area contributed by atoms with Gasteiger partial charge < -0.3 is 15.5 Å². The topological polar surface area (TPSA) is 140 Å². The molecule has 2 fully saturated rings. The van der Waals surface area contributed by atoms with Gasteiger partial charge in [0.1, 0.15) is 11.9 Å². The van der Waals surface area contributed by atoms with Gasteiger partial charge in [0.05, 0.1) is 18.0 Å². The molecule has 4 atom stereocenters. The third kappa shape index (κ3) is 4.42. The van der Waals surface area contributed by atoms with Crippen molar-refractivity contribution < 1.29 is 14.0 Å². The molecule has 3 aromatic rings. The normalized spacial score (nSPS) is 24.3. The van der Waals surface area contributed by atoms with Gasteiger partial charge in [-0.2, -0.15) is 5.26 Å². The third-order valence-corrected chi connectivity index (χ3v) is 8.60. The molecule has 2 amide bonds. The van der Waals surface area contributed by atoms with Crippen molar-refractivity contribution in [3.8, 4) is 6.07 Å². The molecule has 206 valence electrons. The van der Waals surface area contributed by atoms with Gasteiger partial charge in [-0.05, 0) is 108 Å². The summed E-state index contributed by atoms with van der Waals surface area (Å²) in [5.74, 6) is 0.423. The summed E-state index contributed by atoms with van der Waals surface area (Å²) in [6.45, 7) is 2.94. The highest BCUT2D eigenvalue weighted by atomic mass is 19.1. The number of aromatic nitrogens is 4. The Bertz CT molecular complexity index is 1490. The lowest BCUT2D eigenvalue weighted by Gasteiger charge is -2.34. The van der Waals surface area contributed by atoms with E-state index < -0.39 is 5.41 Å². The lowest BCUT2D eigenvalue weighted by molar-refractivity contribution is -0.131. The number of nitrogens with zero attached hydrogens (tertiary/aromatic N) is 5. The smallest absolute Gasteiger partial charge is 0.251 e. The first-order valence-electron chi connectivity index (χ1n) is 13.8. The highest BCUT2D eigenvalue weighted by Gasteiger charge is 2.54. The molecule has 1 saturated heterocycles. The van der Waals surface area contributed by atoms with Crippen LogP contribution < -0.4 is 10.6 Å². The van der Waals surface area contributed by atoms with Crippen LogP contribution in [-0.2, 0) is 23.1 Å². The molecule has 1 aliphatic heterocycles. The molecule has 0 bridgehead atoms. The number of carbonyl (C=O) groups is 2. The molecule has 2 unspecified atom stereocenters. The maximum absolute atomic E-state index is 14.5. The van der Waals surface area contributed by atoms with Crippen molar-refractivity contribution in [3.05, 3.63) is 75.9 Å². The molecule has 3 N–H and O–H groups in total. The van der Waals surface area contributed by atoms with Gasteiger partial charge in [-0.3, -0.25) is 9.59 Å². The second-order valence-corrected chi connectivity index (χ2v) is 10.9. The lowest BCUT2D eigenvalue weighted by atomic mass is 9.69. The SMILES string of the molecule is CCNC(=O)c1ccc2c(c1)CCc1cc(F)ccc1C2(CCNCC(=O)N1C(C#N)C[C@@H]2C[C@@H]21)c1nnn[nH]1. The van der Waals surface area contributed by atoms with Gasteiger partial charge in [-0.25, -0.2) is 9.49 Å². The van der Waals surface area contributed by atoms with Crippen molar-refractivity contribution in [2.75, 3.05) is 19.6 Å². The zero-order valence-electron chi connectivity index (χ0n) is 22.3. The molecular weight excluding hydrogens is 511 g/mol. The van der Waals surface area contributed by atoms with Gasteiger partial charge in [0, 0.05) is 18.2 Å². The van der Waals surface area contributed by atoms with E-state index in [1.807, 2.05) is 19.1 Å². The number of hydrogen-bond acceptors (Lipinski definition) is 7. The first kappa shape index (κ1) is 26.1. The minimum Gasteiger partial charge on any atom is -0.352 e. The van der Waals surface area contributed by atoms with Gasteiger partial charge in [-0.15, -0.1) is 5.10 Å². The van der Waals surface area contributed by atoms with Crippen LogP contribution in [0.5, 0.6) is 0 Å². The molecule has 2 aromatic carbocycles. The number of likely N-dealkylation sites (tertiary alicyclic amines) is 1. The number of rotatable bonds is 8. The van der Waals surface area contributed by atoms with E-state index in [0.29, 0.717) is 49.7 Å². The van der Waals surface area contributed by atoms with Gasteiger partial charge in [-0.1, -0.05) is 12.1 Å². The van der Waals surface area contributed by atoms with E-state index in [-0.39, 0.29) is 36.3 Å². The molecule has 6 rings (SSSR count). The number of nitrogens with one attached hydrogen (secondary N) is 3. The summed E-state index contributed by atoms with van der Waals surface area (Å²) in [5.41, 5.74) is 3.30. The van der Waals surface area contributed by atoms with E-state index in [4.69, 9.17) is 0 Å². The molecule has 1 saturated carbocycles. The van der Waals surface area contributed by atoms with Crippen molar-refractivity contribution in [1.82, 2.24) is 36.2 Å². The minimum absolute atomic E-state index is 0.0674. The van der Waals surface area contributed by atoms with E-state index in [1.54, 1.807) is 23.1 Å². The van der Waals surface area contributed by atoms with Gasteiger partial charge in [0.2, 0.25) is 5.91 Å². The van der Waals surface area contributed by atoms with Crippen molar-refractivity contribution >= 4 is 11.8 Å². The Balaban J connectivity index is 1.34. The lowest BCUT2D eigenvalue weighted by Crippen LogP contribution is -2.44. The second-order valence-electron chi connectivity index (χ2n) is 10.9. The Morgan fingerprint density at radius 2 is 1.95 bits per heavy atom. The van der Waals surface area contributed by atoms with Crippen LogP contribution in [0, 0.1) is 23.1 Å². The number of fused-ring (bicyclic) bond motifs is 3. The molecular formula is C29H31FN8O2. The highest BCUT2D eigenvalue weighted by molar-refractivity contribution is 5.94. The molecule has 2 heterocycles. The Kier molecular flexibility index (Phi) is 6.80. The Hall–Kier alpha value is -4.17. The summed E-state index contributed by atoms with van der Waals surface area (Å²) in [4.78, 5) is 27.5. The van der Waals surface area contributed by atoms with Crippen LogP contribution in [0.25, 0.3) is 0 Å². The second kappa shape index (κ2) is 10.4. The summed E-state index contributed by atoms with van der Waals surface area (Å²) in [6.07, 6.45) is 3.41.